The van der Waals surface area contributed by atoms with Crippen LogP contribution in [-0.4, -0.2) is 41.3 Å². The number of benzene rings is 1. The van der Waals surface area contributed by atoms with Crippen LogP contribution < -0.4 is 5.11 Å². The van der Waals surface area contributed by atoms with Crippen LogP contribution in [0.3, 0.4) is 0 Å². The molecule has 0 spiro atoms. The number of aromatic hydroxyl groups is 2. The lowest BCUT2D eigenvalue weighted by atomic mass is 10.1. The predicted molar refractivity (Wildman–Crippen MR) is 63.6 cm³/mol. The first-order valence-electron chi connectivity index (χ1n) is 5.38. The Morgan fingerprint density at radius 3 is 2.47 bits per heavy atom. The number of rotatable bonds is 4. The molecule has 0 heterocycles. The molecule has 17 heavy (non-hydrogen) atoms. The quantitative estimate of drug-likeness (QED) is 0.262. The van der Waals surface area contributed by atoms with E-state index in [0.29, 0.717) is 13.0 Å². The molecule has 0 aliphatic rings. The fraction of sp³-hybridized carbons (Fsp3) is 0.417. The molecule has 1 rings (SSSR count). The molecular weight excluding hydrogens is 220 g/mol. The van der Waals surface area contributed by atoms with Crippen LogP contribution in [0.5, 0.6) is 11.5 Å². The van der Waals surface area contributed by atoms with Gasteiger partial charge in [-0.25, -0.2) is 4.59 Å². The van der Waals surface area contributed by atoms with E-state index in [1.807, 2.05) is 14.1 Å². The lowest BCUT2D eigenvalue weighted by Crippen LogP contribution is -2.38. The average molecular weight is 238 g/mol. The Kier molecular flexibility index (Phi) is 3.96. The third-order valence-electron chi connectivity index (χ3n) is 2.40. The van der Waals surface area contributed by atoms with E-state index in [2.05, 4.69) is 5.10 Å². The molecule has 0 unspecified atom stereocenters. The molecule has 1 aromatic rings. The van der Waals surface area contributed by atoms with E-state index in [4.69, 9.17) is 0 Å². The summed E-state index contributed by atoms with van der Waals surface area (Å²) in [4.78, 5) is 0. The molecule has 0 aliphatic heterocycles. The highest BCUT2D eigenvalue weighted by atomic mass is 16.3. The van der Waals surface area contributed by atoms with E-state index >= 15 is 0 Å². The number of hydrogen-bond donors (Lipinski definition) is 2. The molecule has 0 saturated heterocycles. The standard InChI is InChI=1S/C12H18N2O3/c1-9(15)13-14(2,3)7-6-10-4-5-11(16)12(17)8-10/h4-5,8H,6-7H2,1-3H3,(H2-,13,15,16,17). The van der Waals surface area contributed by atoms with Crippen LogP contribution in [0.2, 0.25) is 0 Å². The van der Waals surface area contributed by atoms with E-state index in [-0.39, 0.29) is 22.0 Å². The second kappa shape index (κ2) is 5.05. The van der Waals surface area contributed by atoms with E-state index in [9.17, 15) is 15.3 Å². The first-order chi connectivity index (χ1) is 7.80. The smallest absolute Gasteiger partial charge is 0.157 e. The molecule has 0 radical (unpaired) electrons. The summed E-state index contributed by atoms with van der Waals surface area (Å²) in [6, 6.07) is 4.71. The highest BCUT2D eigenvalue weighted by Gasteiger charge is 2.13. The summed E-state index contributed by atoms with van der Waals surface area (Å²) in [5, 5.41) is 33.4. The van der Waals surface area contributed by atoms with Gasteiger partial charge in [-0.05, 0) is 24.6 Å². The van der Waals surface area contributed by atoms with Gasteiger partial charge in [0.25, 0.3) is 0 Å². The highest BCUT2D eigenvalue weighted by molar-refractivity contribution is 5.67. The molecule has 0 saturated carbocycles. The van der Waals surface area contributed by atoms with Crippen LogP contribution in [0, 0.1) is 0 Å². The van der Waals surface area contributed by atoms with Gasteiger partial charge in [0, 0.05) is 12.3 Å². The van der Waals surface area contributed by atoms with E-state index in [1.165, 1.54) is 19.1 Å². The van der Waals surface area contributed by atoms with Crippen molar-refractivity contribution in [2.45, 2.75) is 13.3 Å². The summed E-state index contributed by atoms with van der Waals surface area (Å²) >= 11 is 0. The molecule has 94 valence electrons. The van der Waals surface area contributed by atoms with Gasteiger partial charge < -0.3 is 15.3 Å². The summed E-state index contributed by atoms with van der Waals surface area (Å²) in [7, 11) is 3.67. The maximum atomic E-state index is 10.9. The van der Waals surface area contributed by atoms with Crippen LogP contribution in [0.15, 0.2) is 23.3 Å². The fourth-order valence-electron chi connectivity index (χ4n) is 1.56. The van der Waals surface area contributed by atoms with Gasteiger partial charge in [0.1, 0.15) is 6.54 Å². The summed E-state index contributed by atoms with van der Waals surface area (Å²) in [6.07, 6.45) is 0.664. The van der Waals surface area contributed by atoms with Gasteiger partial charge in [0.05, 0.1) is 14.1 Å². The Morgan fingerprint density at radius 1 is 1.29 bits per heavy atom. The third-order valence-corrected chi connectivity index (χ3v) is 2.40. The molecule has 0 aliphatic carbocycles. The molecule has 0 atom stereocenters. The Balaban J connectivity index is 2.67. The molecule has 0 aromatic heterocycles. The second-order valence-corrected chi connectivity index (χ2v) is 4.54. The third kappa shape index (κ3) is 4.32. The molecule has 2 N–H and O–H groups in total. The van der Waals surface area contributed by atoms with E-state index in [0.717, 1.165) is 5.56 Å². The summed E-state index contributed by atoms with van der Waals surface area (Å²) < 4.78 is 0.247. The largest absolute Gasteiger partial charge is 0.858 e. The van der Waals surface area contributed by atoms with Gasteiger partial charge in [0.2, 0.25) is 0 Å². The van der Waals surface area contributed by atoms with E-state index < -0.39 is 0 Å². The zero-order valence-electron chi connectivity index (χ0n) is 10.3. The van der Waals surface area contributed by atoms with Crippen LogP contribution >= 0.6 is 0 Å². The van der Waals surface area contributed by atoms with Crippen molar-refractivity contribution >= 4 is 5.90 Å². The van der Waals surface area contributed by atoms with Crippen LogP contribution in [0.25, 0.3) is 0 Å². The summed E-state index contributed by atoms with van der Waals surface area (Å²) in [6.45, 7) is 2.07. The number of phenolic OH excluding ortho intramolecular Hbond substituents is 2. The molecule has 5 nitrogen and oxygen atoms in total. The highest BCUT2D eigenvalue weighted by Crippen LogP contribution is 2.25. The Labute approximate surface area is 101 Å². The topological polar surface area (TPSA) is 75.9 Å². The molecule has 5 heteroatoms. The van der Waals surface area contributed by atoms with Crippen LogP contribution in [-0.2, 0) is 6.42 Å². The molecule has 1 aromatic carbocycles. The second-order valence-electron chi connectivity index (χ2n) is 4.54. The number of quaternary nitrogens is 1. The summed E-state index contributed by atoms with van der Waals surface area (Å²) in [5.41, 5.74) is 0.894. The molecule has 0 amide bonds. The van der Waals surface area contributed by atoms with Crippen molar-refractivity contribution in [3.05, 3.63) is 23.8 Å². The lowest BCUT2D eigenvalue weighted by Gasteiger charge is -2.24. The minimum atomic E-state index is -0.205. The zero-order chi connectivity index (χ0) is 13.1. The first kappa shape index (κ1) is 13.3. The van der Waals surface area contributed by atoms with Crippen LogP contribution in [0.1, 0.15) is 12.5 Å². The maximum Gasteiger partial charge on any atom is 0.157 e. The van der Waals surface area contributed by atoms with Crippen molar-refractivity contribution in [3.8, 4) is 11.5 Å². The van der Waals surface area contributed by atoms with Crippen molar-refractivity contribution in [1.29, 1.82) is 0 Å². The number of phenols is 2. The van der Waals surface area contributed by atoms with Gasteiger partial charge >= 0.3 is 0 Å². The minimum Gasteiger partial charge on any atom is -0.858 e. The van der Waals surface area contributed by atoms with Gasteiger partial charge in [0.15, 0.2) is 11.5 Å². The number of nitrogens with zero attached hydrogens (tertiary/aromatic N) is 2. The Bertz CT molecular complexity index is 424. The van der Waals surface area contributed by atoms with E-state index in [1.54, 1.807) is 6.07 Å². The predicted octanol–water partition coefficient (Wildman–Crippen LogP) is 0.410. The fourth-order valence-corrected chi connectivity index (χ4v) is 1.56. The van der Waals surface area contributed by atoms with Crippen molar-refractivity contribution < 1.29 is 19.9 Å². The normalized spacial score (nSPS) is 12.8. The Hall–Kier alpha value is -1.75. The maximum absolute atomic E-state index is 10.9. The average Bonchev–Trinajstić information content (AvgIpc) is 2.18. The van der Waals surface area contributed by atoms with Crippen molar-refractivity contribution in [2.75, 3.05) is 20.6 Å². The van der Waals surface area contributed by atoms with Gasteiger partial charge in [-0.2, -0.15) is 0 Å². The van der Waals surface area contributed by atoms with Crippen LogP contribution in [0.4, 0.5) is 0 Å². The van der Waals surface area contributed by atoms with Crippen molar-refractivity contribution in [3.63, 3.8) is 0 Å². The molecule has 0 fully saturated rings. The molecular formula is C12H18N2O3. The van der Waals surface area contributed by atoms with Gasteiger partial charge in [-0.15, -0.1) is 5.10 Å². The number of hydrogen-bond acceptors (Lipinski definition) is 4. The SMILES string of the molecule is C/C([O-])=N/[N+](C)(C)CCc1ccc(O)c(O)c1. The zero-order valence-corrected chi connectivity index (χ0v) is 10.3. The lowest BCUT2D eigenvalue weighted by molar-refractivity contribution is -0.898. The Morgan fingerprint density at radius 2 is 1.94 bits per heavy atom. The number of likely N-dealkylation sites (N-methyl/N-ethyl adjacent to an activating group) is 1. The summed E-state index contributed by atoms with van der Waals surface area (Å²) in [5.74, 6) is -0.462. The monoisotopic (exact) mass is 238 g/mol. The molecule has 0 bridgehead atoms. The van der Waals surface area contributed by atoms with Crippen molar-refractivity contribution in [1.82, 2.24) is 0 Å². The van der Waals surface area contributed by atoms with Crippen molar-refractivity contribution in [2.24, 2.45) is 5.10 Å². The van der Waals surface area contributed by atoms with Gasteiger partial charge in [-0.1, -0.05) is 6.07 Å². The minimum absolute atomic E-state index is 0.128. The van der Waals surface area contributed by atoms with Gasteiger partial charge in [-0.3, -0.25) is 0 Å². The first-order valence-corrected chi connectivity index (χ1v) is 5.38.